The molecule has 0 aliphatic carbocycles. The van der Waals surface area contributed by atoms with Crippen molar-refractivity contribution >= 4 is 16.9 Å². The highest BCUT2D eigenvalue weighted by atomic mass is 19.4. The number of benzene rings is 2. The van der Waals surface area contributed by atoms with Crippen LogP contribution in [0.2, 0.25) is 0 Å². The molecule has 0 bridgehead atoms. The van der Waals surface area contributed by atoms with E-state index in [-0.39, 0.29) is 34.8 Å². The smallest absolute Gasteiger partial charge is 0.450 e. The minimum Gasteiger partial charge on any atom is -0.479 e. The van der Waals surface area contributed by atoms with Crippen molar-refractivity contribution in [1.82, 2.24) is 0 Å². The first-order valence-corrected chi connectivity index (χ1v) is 10.5. The van der Waals surface area contributed by atoms with E-state index < -0.39 is 35.0 Å². The maximum absolute atomic E-state index is 14.0. The monoisotopic (exact) mass is 478 g/mol. The Labute approximate surface area is 192 Å². The zero-order valence-electron chi connectivity index (χ0n) is 18.6. The lowest BCUT2D eigenvalue weighted by Crippen LogP contribution is -2.25. The topological polar surface area (TPSA) is 84.2 Å². The van der Waals surface area contributed by atoms with Crippen molar-refractivity contribution in [2.45, 2.75) is 39.0 Å². The summed E-state index contributed by atoms with van der Waals surface area (Å²) in [4.78, 5) is 25.2. The summed E-state index contributed by atoms with van der Waals surface area (Å²) < 4.78 is 68.0. The third-order valence-electron chi connectivity index (χ3n) is 5.35. The summed E-state index contributed by atoms with van der Waals surface area (Å²) in [6, 6.07) is 6.76. The lowest BCUT2D eigenvalue weighted by Gasteiger charge is -2.18. The van der Waals surface area contributed by atoms with E-state index in [2.05, 4.69) is 4.74 Å². The second-order valence-electron chi connectivity index (χ2n) is 7.69. The summed E-state index contributed by atoms with van der Waals surface area (Å²) in [5.74, 6) is -1.36. The van der Waals surface area contributed by atoms with Crippen LogP contribution in [0, 0.1) is 0 Å². The largest absolute Gasteiger partial charge is 0.479 e. The van der Waals surface area contributed by atoms with Crippen LogP contribution < -0.4 is 19.6 Å². The van der Waals surface area contributed by atoms with E-state index in [1.807, 2.05) is 6.92 Å². The molecule has 0 saturated heterocycles. The van der Waals surface area contributed by atoms with Crippen LogP contribution in [-0.2, 0) is 22.1 Å². The first kappa shape index (κ1) is 23.5. The summed E-state index contributed by atoms with van der Waals surface area (Å²) in [7, 11) is 1.20. The van der Waals surface area contributed by atoms with Gasteiger partial charge in [0.2, 0.25) is 18.0 Å². The highest BCUT2D eigenvalue weighted by molar-refractivity contribution is 5.86. The van der Waals surface area contributed by atoms with Crippen molar-refractivity contribution in [3.63, 3.8) is 0 Å². The lowest BCUT2D eigenvalue weighted by atomic mass is 9.99. The minimum atomic E-state index is -4.96. The molecule has 3 aromatic rings. The molecule has 1 aliphatic heterocycles. The van der Waals surface area contributed by atoms with Gasteiger partial charge in [0.1, 0.15) is 11.3 Å². The molecule has 180 valence electrons. The van der Waals surface area contributed by atoms with Gasteiger partial charge in [-0.05, 0) is 42.7 Å². The summed E-state index contributed by atoms with van der Waals surface area (Å²) in [6.07, 6.45) is -4.85. The number of carbonyl (C=O) groups is 1. The van der Waals surface area contributed by atoms with Gasteiger partial charge in [-0.25, -0.2) is 4.79 Å². The van der Waals surface area contributed by atoms with Gasteiger partial charge in [0.15, 0.2) is 17.6 Å². The molecule has 1 aromatic heterocycles. The molecule has 34 heavy (non-hydrogen) atoms. The Morgan fingerprint density at radius 1 is 1.15 bits per heavy atom. The zero-order valence-corrected chi connectivity index (χ0v) is 18.6. The summed E-state index contributed by atoms with van der Waals surface area (Å²) >= 11 is 0. The predicted molar refractivity (Wildman–Crippen MR) is 115 cm³/mol. The van der Waals surface area contributed by atoms with E-state index >= 15 is 0 Å². The van der Waals surface area contributed by atoms with Gasteiger partial charge < -0.3 is 23.4 Å². The van der Waals surface area contributed by atoms with E-state index in [0.717, 1.165) is 0 Å². The summed E-state index contributed by atoms with van der Waals surface area (Å²) in [5, 5.41) is -0.0396. The summed E-state index contributed by atoms with van der Waals surface area (Å²) in [6.45, 7) is 3.28. The molecule has 10 heteroatoms. The fraction of sp³-hybridized carbons (Fsp3) is 0.333. The lowest BCUT2D eigenvalue weighted by molar-refractivity contribution is -0.152. The number of carbonyl (C=O) groups excluding carboxylic acids is 1. The number of hydrogen-bond donors (Lipinski definition) is 0. The van der Waals surface area contributed by atoms with Crippen molar-refractivity contribution in [2.75, 3.05) is 13.9 Å². The summed E-state index contributed by atoms with van der Waals surface area (Å²) in [5.41, 5.74) is -1.25. The van der Waals surface area contributed by atoms with E-state index in [9.17, 15) is 22.8 Å². The van der Waals surface area contributed by atoms with Gasteiger partial charge in [-0.1, -0.05) is 19.4 Å². The fourth-order valence-corrected chi connectivity index (χ4v) is 3.76. The predicted octanol–water partition coefficient (Wildman–Crippen LogP) is 5.10. The molecule has 0 saturated carbocycles. The van der Waals surface area contributed by atoms with Crippen LogP contribution in [0.4, 0.5) is 13.2 Å². The second kappa shape index (κ2) is 8.92. The number of aryl methyl sites for hydroxylation is 1. The van der Waals surface area contributed by atoms with Gasteiger partial charge in [-0.3, -0.25) is 4.79 Å². The van der Waals surface area contributed by atoms with Crippen molar-refractivity contribution in [3.05, 3.63) is 51.9 Å². The van der Waals surface area contributed by atoms with Gasteiger partial charge in [0.25, 0.3) is 0 Å². The fourth-order valence-electron chi connectivity index (χ4n) is 3.76. The first-order valence-electron chi connectivity index (χ1n) is 10.5. The molecule has 1 unspecified atom stereocenters. The second-order valence-corrected chi connectivity index (χ2v) is 7.69. The number of methoxy groups -OCH3 is 1. The Bertz CT molecular complexity index is 1310. The van der Waals surface area contributed by atoms with Crippen molar-refractivity contribution in [2.24, 2.45) is 0 Å². The molecule has 0 spiro atoms. The average Bonchev–Trinajstić information content (AvgIpc) is 3.26. The Hall–Kier alpha value is -3.69. The number of fused-ring (bicyclic) bond motifs is 2. The maximum atomic E-state index is 14.0. The molecule has 1 atom stereocenters. The number of hydrogen-bond acceptors (Lipinski definition) is 7. The van der Waals surface area contributed by atoms with E-state index in [1.54, 1.807) is 0 Å². The molecule has 2 aromatic carbocycles. The molecule has 0 fully saturated rings. The Kier molecular flexibility index (Phi) is 6.16. The first-order chi connectivity index (χ1) is 16.1. The molecule has 4 rings (SSSR count). The number of ether oxygens (including phenoxy) is 4. The van der Waals surface area contributed by atoms with Gasteiger partial charge in [-0.15, -0.1) is 0 Å². The molecule has 0 amide bonds. The Balaban J connectivity index is 1.95. The average molecular weight is 478 g/mol. The van der Waals surface area contributed by atoms with E-state index in [4.69, 9.17) is 18.6 Å². The molecular formula is C24H21F3O7. The molecule has 7 nitrogen and oxygen atoms in total. The van der Waals surface area contributed by atoms with Crippen LogP contribution in [0.5, 0.6) is 17.2 Å². The highest BCUT2D eigenvalue weighted by Crippen LogP contribution is 2.41. The number of esters is 1. The highest BCUT2D eigenvalue weighted by Gasteiger charge is 2.40. The van der Waals surface area contributed by atoms with Crippen LogP contribution in [0.3, 0.4) is 0 Å². The normalized spacial score (nSPS) is 13.7. The van der Waals surface area contributed by atoms with E-state index in [0.29, 0.717) is 24.2 Å². The van der Waals surface area contributed by atoms with Crippen molar-refractivity contribution in [1.29, 1.82) is 0 Å². The zero-order chi connectivity index (χ0) is 24.6. The van der Waals surface area contributed by atoms with Gasteiger partial charge >= 0.3 is 12.1 Å². The molecule has 0 radical (unpaired) electrons. The van der Waals surface area contributed by atoms with Gasteiger partial charge in [0, 0.05) is 6.07 Å². The van der Waals surface area contributed by atoms with Crippen LogP contribution in [0.15, 0.2) is 39.5 Å². The maximum Gasteiger partial charge on any atom is 0.450 e. The minimum absolute atomic E-state index is 0.0103. The van der Waals surface area contributed by atoms with E-state index in [1.165, 1.54) is 44.4 Å². The number of rotatable bonds is 6. The molecule has 0 N–H and O–H groups in total. The molecule has 1 aliphatic rings. The van der Waals surface area contributed by atoms with Gasteiger partial charge in [-0.2, -0.15) is 13.2 Å². The van der Waals surface area contributed by atoms with Crippen LogP contribution in [0.1, 0.15) is 31.6 Å². The quantitative estimate of drug-likeness (QED) is 0.456. The number of alkyl halides is 3. The Morgan fingerprint density at radius 3 is 2.56 bits per heavy atom. The standard InChI is InChI=1S/C24H21F3O7/c1-4-5-13-8-15-18(10-17(13)33-12(2)23(29)30-3)34-22(24(25,26)27)20(21(15)28)14-6-7-16-19(9-14)32-11-31-16/h6-10,12H,4-5,11H2,1-3H3. The van der Waals surface area contributed by atoms with Crippen molar-refractivity contribution < 1.29 is 41.3 Å². The third kappa shape index (κ3) is 4.27. The van der Waals surface area contributed by atoms with Crippen LogP contribution in [0.25, 0.3) is 22.1 Å². The molecular weight excluding hydrogens is 457 g/mol. The molecule has 2 heterocycles. The third-order valence-corrected chi connectivity index (χ3v) is 5.35. The number of halogens is 3. The van der Waals surface area contributed by atoms with Gasteiger partial charge in [0.05, 0.1) is 18.1 Å². The van der Waals surface area contributed by atoms with Crippen LogP contribution in [-0.4, -0.2) is 26.0 Å². The Morgan fingerprint density at radius 2 is 1.88 bits per heavy atom. The van der Waals surface area contributed by atoms with Crippen LogP contribution >= 0.6 is 0 Å². The van der Waals surface area contributed by atoms with Crippen molar-refractivity contribution in [3.8, 4) is 28.4 Å². The SMILES string of the molecule is CCCc1cc2c(=O)c(-c3ccc4c(c3)OCO4)c(C(F)(F)F)oc2cc1OC(C)C(=O)OC.